The van der Waals surface area contributed by atoms with E-state index in [1.54, 1.807) is 11.3 Å². The van der Waals surface area contributed by atoms with Gasteiger partial charge in [-0.3, -0.25) is 5.10 Å². The molecule has 0 amide bonds. The van der Waals surface area contributed by atoms with Crippen LogP contribution >= 0.6 is 11.3 Å². The number of rotatable bonds is 2. The van der Waals surface area contributed by atoms with Crippen LogP contribution in [-0.2, 0) is 0 Å². The fourth-order valence-electron chi connectivity index (χ4n) is 1.57. The Balaban J connectivity index is 2.06. The summed E-state index contributed by atoms with van der Waals surface area (Å²) in [6, 6.07) is 1.99. The monoisotopic (exact) mass is 257 g/mol. The molecule has 18 heavy (non-hydrogen) atoms. The van der Waals surface area contributed by atoms with Crippen LogP contribution in [0.1, 0.15) is 11.3 Å². The van der Waals surface area contributed by atoms with Gasteiger partial charge in [-0.15, -0.1) is 0 Å². The highest BCUT2D eigenvalue weighted by Crippen LogP contribution is 2.27. The van der Waals surface area contributed by atoms with Crippen molar-refractivity contribution in [2.24, 2.45) is 0 Å². The van der Waals surface area contributed by atoms with Crippen LogP contribution in [0.5, 0.6) is 0 Å². The van der Waals surface area contributed by atoms with Crippen LogP contribution in [0.15, 0.2) is 21.5 Å². The number of aryl methyl sites for hydroxylation is 1. The van der Waals surface area contributed by atoms with E-state index in [0.717, 1.165) is 11.1 Å². The van der Waals surface area contributed by atoms with Gasteiger partial charge < -0.3 is 4.52 Å². The molecule has 3 heterocycles. The van der Waals surface area contributed by atoms with E-state index in [0.29, 0.717) is 23.0 Å². The average Bonchev–Trinajstić information content (AvgIpc) is 3.06. The third-order valence-corrected chi connectivity index (χ3v) is 3.37. The molecule has 3 aromatic heterocycles. The zero-order chi connectivity index (χ0) is 12.5. The number of nitrogens with zero attached hydrogens (tertiary/aromatic N) is 4. The van der Waals surface area contributed by atoms with Gasteiger partial charge in [-0.05, 0) is 17.9 Å². The van der Waals surface area contributed by atoms with Crippen molar-refractivity contribution in [3.8, 4) is 28.9 Å². The highest BCUT2D eigenvalue weighted by molar-refractivity contribution is 7.08. The lowest BCUT2D eigenvalue weighted by atomic mass is 10.2. The van der Waals surface area contributed by atoms with Gasteiger partial charge in [-0.25, -0.2) is 0 Å². The fourth-order valence-corrected chi connectivity index (χ4v) is 2.39. The number of nitriles is 1. The maximum absolute atomic E-state index is 8.89. The Hall–Kier alpha value is -2.46. The van der Waals surface area contributed by atoms with Gasteiger partial charge >= 0.3 is 0 Å². The summed E-state index contributed by atoms with van der Waals surface area (Å²) >= 11 is 1.58. The number of aromatic nitrogens is 4. The quantitative estimate of drug-likeness (QED) is 0.760. The number of thiophene rings is 1. The van der Waals surface area contributed by atoms with Crippen LogP contribution in [0.3, 0.4) is 0 Å². The zero-order valence-corrected chi connectivity index (χ0v) is 10.2. The number of H-pyrrole nitrogens is 1. The first-order valence-electron chi connectivity index (χ1n) is 5.10. The molecule has 0 atom stereocenters. The van der Waals surface area contributed by atoms with Crippen molar-refractivity contribution >= 4 is 11.3 Å². The van der Waals surface area contributed by atoms with E-state index >= 15 is 0 Å². The minimum Gasteiger partial charge on any atom is -0.333 e. The lowest BCUT2D eigenvalue weighted by Crippen LogP contribution is -1.82. The second-order valence-electron chi connectivity index (χ2n) is 3.66. The topological polar surface area (TPSA) is 91.4 Å². The van der Waals surface area contributed by atoms with E-state index < -0.39 is 0 Å². The highest BCUT2D eigenvalue weighted by atomic mass is 32.1. The molecule has 0 saturated carbocycles. The van der Waals surface area contributed by atoms with Gasteiger partial charge in [-0.2, -0.15) is 26.7 Å². The second-order valence-corrected chi connectivity index (χ2v) is 4.41. The van der Waals surface area contributed by atoms with Gasteiger partial charge in [0.15, 0.2) is 0 Å². The summed E-state index contributed by atoms with van der Waals surface area (Å²) in [5.74, 6) is 0.815. The standard InChI is InChI=1S/C11H7N5OS/c1-6-4-18-5-8(6)10-14-11(17-16-10)7-3-13-15-9(7)2-12/h3-5H,1H3,(H,13,15). The minimum atomic E-state index is 0.293. The summed E-state index contributed by atoms with van der Waals surface area (Å²) in [6.45, 7) is 1.99. The molecule has 0 aliphatic carbocycles. The van der Waals surface area contributed by atoms with Crippen molar-refractivity contribution < 1.29 is 4.52 Å². The Morgan fingerprint density at radius 2 is 2.28 bits per heavy atom. The normalized spacial score (nSPS) is 10.4. The molecular formula is C11H7N5OS. The van der Waals surface area contributed by atoms with Crippen LogP contribution in [0, 0.1) is 18.3 Å². The van der Waals surface area contributed by atoms with Gasteiger partial charge in [0.05, 0.1) is 11.8 Å². The molecule has 88 valence electrons. The number of nitrogens with one attached hydrogen (secondary N) is 1. The molecule has 0 spiro atoms. The van der Waals surface area contributed by atoms with Gasteiger partial charge in [-0.1, -0.05) is 5.16 Å². The van der Waals surface area contributed by atoms with Crippen LogP contribution < -0.4 is 0 Å². The number of hydrogen-bond acceptors (Lipinski definition) is 6. The first-order chi connectivity index (χ1) is 8.79. The molecule has 3 rings (SSSR count). The largest absolute Gasteiger partial charge is 0.333 e. The molecule has 6 nitrogen and oxygen atoms in total. The molecule has 0 fully saturated rings. The van der Waals surface area contributed by atoms with Crippen molar-refractivity contribution in [3.05, 3.63) is 28.2 Å². The van der Waals surface area contributed by atoms with E-state index in [-0.39, 0.29) is 0 Å². The molecule has 1 N–H and O–H groups in total. The lowest BCUT2D eigenvalue weighted by Gasteiger charge is -1.89. The Morgan fingerprint density at radius 3 is 3.00 bits per heavy atom. The van der Waals surface area contributed by atoms with Crippen molar-refractivity contribution in [2.45, 2.75) is 6.92 Å². The summed E-state index contributed by atoms with van der Waals surface area (Å²) in [5.41, 5.74) is 2.87. The van der Waals surface area contributed by atoms with Crippen molar-refractivity contribution in [1.29, 1.82) is 5.26 Å². The minimum absolute atomic E-state index is 0.293. The summed E-state index contributed by atoms with van der Waals surface area (Å²) < 4.78 is 5.16. The number of aromatic amines is 1. The third kappa shape index (κ3) is 1.59. The Labute approximate surface area is 106 Å². The smallest absolute Gasteiger partial charge is 0.262 e. The van der Waals surface area contributed by atoms with Crippen LogP contribution in [0.25, 0.3) is 22.8 Å². The van der Waals surface area contributed by atoms with E-state index in [9.17, 15) is 0 Å². The molecule has 0 aromatic carbocycles. The average molecular weight is 257 g/mol. The fraction of sp³-hybridized carbons (Fsp3) is 0.0909. The second kappa shape index (κ2) is 4.09. The Bertz CT molecular complexity index is 733. The van der Waals surface area contributed by atoms with Crippen molar-refractivity contribution in [2.75, 3.05) is 0 Å². The van der Waals surface area contributed by atoms with Gasteiger partial charge in [0.2, 0.25) is 5.82 Å². The van der Waals surface area contributed by atoms with E-state index in [1.807, 2.05) is 23.8 Å². The van der Waals surface area contributed by atoms with Gasteiger partial charge in [0.1, 0.15) is 11.8 Å². The molecular weight excluding hydrogens is 250 g/mol. The van der Waals surface area contributed by atoms with Crippen molar-refractivity contribution in [1.82, 2.24) is 20.3 Å². The third-order valence-electron chi connectivity index (χ3n) is 2.50. The molecule has 0 aliphatic rings. The highest BCUT2D eigenvalue weighted by Gasteiger charge is 2.16. The summed E-state index contributed by atoms with van der Waals surface area (Å²) in [6.07, 6.45) is 1.50. The molecule has 0 radical (unpaired) electrons. The van der Waals surface area contributed by atoms with E-state index in [2.05, 4.69) is 20.3 Å². The lowest BCUT2D eigenvalue weighted by molar-refractivity contribution is 0.432. The first kappa shape index (κ1) is 10.7. The molecule has 3 aromatic rings. The maximum Gasteiger partial charge on any atom is 0.262 e. The summed E-state index contributed by atoms with van der Waals surface area (Å²) in [7, 11) is 0. The van der Waals surface area contributed by atoms with Gasteiger partial charge in [0.25, 0.3) is 5.89 Å². The van der Waals surface area contributed by atoms with Crippen molar-refractivity contribution in [3.63, 3.8) is 0 Å². The zero-order valence-electron chi connectivity index (χ0n) is 9.34. The Morgan fingerprint density at radius 1 is 1.39 bits per heavy atom. The Kier molecular flexibility index (Phi) is 2.42. The summed E-state index contributed by atoms with van der Waals surface area (Å²) in [5, 5.41) is 23.2. The molecule has 0 unspecified atom stereocenters. The van der Waals surface area contributed by atoms with Crippen LogP contribution in [0.4, 0.5) is 0 Å². The first-order valence-corrected chi connectivity index (χ1v) is 6.04. The molecule has 0 aliphatic heterocycles. The molecule has 0 saturated heterocycles. The number of hydrogen-bond donors (Lipinski definition) is 1. The van der Waals surface area contributed by atoms with E-state index in [4.69, 9.17) is 9.78 Å². The van der Waals surface area contributed by atoms with Crippen LogP contribution in [-0.4, -0.2) is 20.3 Å². The molecule has 0 bridgehead atoms. The van der Waals surface area contributed by atoms with E-state index in [1.165, 1.54) is 6.20 Å². The predicted octanol–water partition coefficient (Wildman–Crippen LogP) is 2.37. The van der Waals surface area contributed by atoms with Crippen LogP contribution in [0.2, 0.25) is 0 Å². The predicted molar refractivity (Wildman–Crippen MR) is 64.6 cm³/mol. The molecule has 7 heteroatoms. The van der Waals surface area contributed by atoms with Gasteiger partial charge in [0, 0.05) is 10.9 Å². The SMILES string of the molecule is Cc1cscc1-c1noc(-c2cn[nH]c2C#N)n1. The maximum atomic E-state index is 8.89. The summed E-state index contributed by atoms with van der Waals surface area (Å²) in [4.78, 5) is 4.28.